The maximum Gasteiger partial charge on any atom is 0.138 e. The topological polar surface area (TPSA) is 67.8 Å². The van der Waals surface area contributed by atoms with Crippen molar-refractivity contribution in [3.8, 4) is 17.2 Å². The summed E-state index contributed by atoms with van der Waals surface area (Å²) < 4.78 is 0. The molecule has 3 nitrogen and oxygen atoms in total. The molecule has 0 atom stereocenters. The van der Waals surface area contributed by atoms with Gasteiger partial charge in [0.05, 0.1) is 5.56 Å². The molecule has 0 bridgehead atoms. The smallest absolute Gasteiger partial charge is 0.138 e. The third-order valence-corrected chi connectivity index (χ3v) is 1.91. The zero-order chi connectivity index (χ0) is 8.97. The lowest BCUT2D eigenvalue weighted by molar-refractivity contribution is 0.474. The van der Waals surface area contributed by atoms with Crippen molar-refractivity contribution in [1.29, 1.82) is 10.5 Å². The number of hydrogen-bond donors (Lipinski definition) is 1. The molecule has 0 radical (unpaired) electrons. The van der Waals surface area contributed by atoms with Crippen molar-refractivity contribution in [3.63, 3.8) is 0 Å². The molecule has 0 aliphatic heterocycles. The van der Waals surface area contributed by atoms with E-state index in [1.165, 1.54) is 12.1 Å². The molecule has 0 saturated heterocycles. The normalized spacial score (nSPS) is 8.50. The van der Waals surface area contributed by atoms with Crippen LogP contribution in [0.4, 0.5) is 0 Å². The van der Waals surface area contributed by atoms with Crippen LogP contribution in [-0.2, 0) is 0 Å². The first-order chi connectivity index (χ1) is 5.77. The Morgan fingerprint density at radius 2 is 2.08 bits per heavy atom. The van der Waals surface area contributed by atoms with Crippen molar-refractivity contribution >= 4 is 11.8 Å². The van der Waals surface area contributed by atoms with Crippen molar-refractivity contribution in [2.75, 3.05) is 0 Å². The van der Waals surface area contributed by atoms with E-state index in [2.05, 4.69) is 0 Å². The van der Waals surface area contributed by atoms with E-state index in [4.69, 9.17) is 15.6 Å². The number of thiocyanates is 1. The molecule has 1 rings (SSSR count). The van der Waals surface area contributed by atoms with E-state index in [1.807, 2.05) is 11.5 Å². The molecule has 12 heavy (non-hydrogen) atoms. The third kappa shape index (κ3) is 1.69. The minimum Gasteiger partial charge on any atom is -0.508 e. The predicted octanol–water partition coefficient (Wildman–Crippen LogP) is 1.84. The molecule has 0 saturated carbocycles. The van der Waals surface area contributed by atoms with Crippen LogP contribution in [0.3, 0.4) is 0 Å². The molecule has 0 heterocycles. The minimum atomic E-state index is 0.0360. The van der Waals surface area contributed by atoms with E-state index in [9.17, 15) is 0 Å². The zero-order valence-electron chi connectivity index (χ0n) is 5.98. The van der Waals surface area contributed by atoms with Crippen LogP contribution >= 0.6 is 11.8 Å². The Morgan fingerprint density at radius 3 is 2.67 bits per heavy atom. The quantitative estimate of drug-likeness (QED) is 0.523. The summed E-state index contributed by atoms with van der Waals surface area (Å²) in [6.07, 6.45) is 0. The highest BCUT2D eigenvalue weighted by Crippen LogP contribution is 2.24. The molecule has 0 spiro atoms. The molecule has 58 valence electrons. The van der Waals surface area contributed by atoms with E-state index in [0.29, 0.717) is 10.5 Å². The average Bonchev–Trinajstić information content (AvgIpc) is 2.08. The van der Waals surface area contributed by atoms with Gasteiger partial charge in [0.15, 0.2) is 0 Å². The Balaban J connectivity index is 3.15. The van der Waals surface area contributed by atoms with Crippen molar-refractivity contribution < 1.29 is 5.11 Å². The van der Waals surface area contributed by atoms with Crippen molar-refractivity contribution in [1.82, 2.24) is 0 Å². The molecule has 0 amide bonds. The standard InChI is InChI=1S/C8H4N2OS/c9-4-6-3-7(11)1-2-8(6)12-5-10/h1-3,11H. The maximum absolute atomic E-state index is 8.99. The molecule has 1 aromatic rings. The Labute approximate surface area is 73.9 Å². The first kappa shape index (κ1) is 8.45. The van der Waals surface area contributed by atoms with Gasteiger partial charge in [-0.15, -0.1) is 0 Å². The number of nitrogens with zero attached hydrogens (tertiary/aromatic N) is 2. The van der Waals surface area contributed by atoms with E-state index in [1.54, 1.807) is 6.07 Å². The summed E-state index contributed by atoms with van der Waals surface area (Å²) in [5, 5.41) is 27.8. The van der Waals surface area contributed by atoms with Gasteiger partial charge in [-0.2, -0.15) is 10.5 Å². The van der Waals surface area contributed by atoms with Crippen molar-refractivity contribution in [2.24, 2.45) is 0 Å². The summed E-state index contributed by atoms with van der Waals surface area (Å²) in [6.45, 7) is 0. The minimum absolute atomic E-state index is 0.0360. The number of nitriles is 2. The Hall–Kier alpha value is -1.65. The molecule has 0 aliphatic rings. The first-order valence-electron chi connectivity index (χ1n) is 3.07. The SMILES string of the molecule is N#CSc1ccc(O)cc1C#N. The van der Waals surface area contributed by atoms with Gasteiger partial charge in [-0.05, 0) is 30.0 Å². The van der Waals surface area contributed by atoms with Gasteiger partial charge in [-0.1, -0.05) is 0 Å². The molecule has 0 fully saturated rings. The fourth-order valence-corrected chi connectivity index (χ4v) is 1.19. The highest BCUT2D eigenvalue weighted by Gasteiger charge is 2.02. The van der Waals surface area contributed by atoms with Crippen LogP contribution in [0.15, 0.2) is 23.1 Å². The van der Waals surface area contributed by atoms with Crippen LogP contribution in [0.5, 0.6) is 5.75 Å². The summed E-state index contributed by atoms with van der Waals surface area (Å²) in [5.41, 5.74) is 0.321. The van der Waals surface area contributed by atoms with Crippen LogP contribution in [0.2, 0.25) is 0 Å². The van der Waals surface area contributed by atoms with Gasteiger partial charge >= 0.3 is 0 Å². The second-order valence-electron chi connectivity index (χ2n) is 1.99. The predicted molar refractivity (Wildman–Crippen MR) is 44.3 cm³/mol. The molecular weight excluding hydrogens is 172 g/mol. The van der Waals surface area contributed by atoms with Crippen LogP contribution in [-0.4, -0.2) is 5.11 Å². The number of aromatic hydroxyl groups is 1. The number of phenolic OH excluding ortho intramolecular Hbond substituents is 1. The molecule has 4 heteroatoms. The van der Waals surface area contributed by atoms with Gasteiger partial charge < -0.3 is 5.11 Å². The zero-order valence-corrected chi connectivity index (χ0v) is 6.80. The largest absolute Gasteiger partial charge is 0.508 e. The van der Waals surface area contributed by atoms with Crippen molar-refractivity contribution in [3.05, 3.63) is 23.8 Å². The highest BCUT2D eigenvalue weighted by atomic mass is 32.2. The average molecular weight is 176 g/mol. The lowest BCUT2D eigenvalue weighted by Gasteiger charge is -1.97. The number of phenols is 1. The first-order valence-corrected chi connectivity index (χ1v) is 3.88. The molecule has 0 unspecified atom stereocenters. The summed E-state index contributed by atoms with van der Waals surface area (Å²) in [5.74, 6) is 0.0360. The van der Waals surface area contributed by atoms with Gasteiger partial charge in [0.25, 0.3) is 0 Å². The fraction of sp³-hybridized carbons (Fsp3) is 0. The molecule has 0 aliphatic carbocycles. The molecular formula is C8H4N2OS. The Morgan fingerprint density at radius 1 is 1.33 bits per heavy atom. The fourth-order valence-electron chi connectivity index (χ4n) is 0.744. The third-order valence-electron chi connectivity index (χ3n) is 1.24. The number of rotatable bonds is 1. The van der Waals surface area contributed by atoms with Crippen LogP contribution in [0, 0.1) is 22.0 Å². The summed E-state index contributed by atoms with van der Waals surface area (Å²) in [6, 6.07) is 6.21. The second-order valence-corrected chi connectivity index (χ2v) is 2.81. The molecule has 1 N–H and O–H groups in total. The van der Waals surface area contributed by atoms with Gasteiger partial charge in [0.2, 0.25) is 0 Å². The monoisotopic (exact) mass is 176 g/mol. The highest BCUT2D eigenvalue weighted by molar-refractivity contribution is 8.03. The number of hydrogen-bond acceptors (Lipinski definition) is 4. The lowest BCUT2D eigenvalue weighted by atomic mass is 10.2. The second kappa shape index (κ2) is 3.66. The van der Waals surface area contributed by atoms with E-state index in [-0.39, 0.29) is 5.75 Å². The summed E-state index contributed by atoms with van der Waals surface area (Å²) in [7, 11) is 0. The lowest BCUT2D eigenvalue weighted by Crippen LogP contribution is -1.78. The summed E-state index contributed by atoms with van der Waals surface area (Å²) in [4.78, 5) is 0.567. The van der Waals surface area contributed by atoms with Gasteiger partial charge in [0, 0.05) is 4.90 Å². The van der Waals surface area contributed by atoms with Crippen LogP contribution < -0.4 is 0 Å². The van der Waals surface area contributed by atoms with Crippen molar-refractivity contribution in [2.45, 2.75) is 4.90 Å². The van der Waals surface area contributed by atoms with E-state index >= 15 is 0 Å². The van der Waals surface area contributed by atoms with Gasteiger partial charge in [0.1, 0.15) is 17.2 Å². The van der Waals surface area contributed by atoms with Gasteiger partial charge in [-0.25, -0.2) is 0 Å². The summed E-state index contributed by atoms with van der Waals surface area (Å²) >= 11 is 0.907. The number of thioether (sulfide) groups is 1. The van der Waals surface area contributed by atoms with Crippen LogP contribution in [0.1, 0.15) is 5.56 Å². The Kier molecular flexibility index (Phi) is 2.57. The maximum atomic E-state index is 8.99. The van der Waals surface area contributed by atoms with E-state index in [0.717, 1.165) is 11.8 Å². The van der Waals surface area contributed by atoms with Gasteiger partial charge in [-0.3, -0.25) is 0 Å². The number of benzene rings is 1. The molecule has 0 aromatic heterocycles. The Bertz CT molecular complexity index is 376. The van der Waals surface area contributed by atoms with E-state index < -0.39 is 0 Å². The van der Waals surface area contributed by atoms with Crippen LogP contribution in [0.25, 0.3) is 0 Å². The molecule has 1 aromatic carbocycles.